The van der Waals surface area contributed by atoms with Gasteiger partial charge in [-0.3, -0.25) is 5.10 Å². The van der Waals surface area contributed by atoms with Crippen LogP contribution in [0.15, 0.2) is 66.9 Å². The van der Waals surface area contributed by atoms with Crippen LogP contribution < -0.4 is 11.1 Å². The van der Waals surface area contributed by atoms with Gasteiger partial charge in [-0.05, 0) is 47.4 Å². The maximum Gasteiger partial charge on any atom is 0.181 e. The third kappa shape index (κ3) is 2.53. The largest absolute Gasteiger partial charge is 0.378 e. The molecule has 1 unspecified atom stereocenters. The number of fused-ring (bicyclic) bond motifs is 4. The smallest absolute Gasteiger partial charge is 0.181 e. The zero-order valence-corrected chi connectivity index (χ0v) is 17.3. The molecule has 0 spiro atoms. The lowest BCUT2D eigenvalue weighted by atomic mass is 9.67. The van der Waals surface area contributed by atoms with Crippen LogP contribution in [0, 0.1) is 0 Å². The molecule has 0 saturated carbocycles. The third-order valence-electron chi connectivity index (χ3n) is 6.36. The summed E-state index contributed by atoms with van der Waals surface area (Å²) in [7, 11) is 0. The lowest BCUT2D eigenvalue weighted by Gasteiger charge is -2.42. The molecule has 2 atom stereocenters. The molecule has 0 fully saturated rings. The molecule has 1 aliphatic rings. The van der Waals surface area contributed by atoms with E-state index in [4.69, 9.17) is 5.73 Å². The summed E-state index contributed by atoms with van der Waals surface area (Å²) in [6.45, 7) is 2.35. The number of anilines is 2. The van der Waals surface area contributed by atoms with Crippen molar-refractivity contribution in [3.05, 3.63) is 83.6 Å². The monoisotopic (exact) mass is 411 g/mol. The highest BCUT2D eigenvalue weighted by atomic mass is 32.1. The minimum absolute atomic E-state index is 0.155. The van der Waals surface area contributed by atoms with Crippen molar-refractivity contribution in [2.24, 2.45) is 0 Å². The third-order valence-corrected chi connectivity index (χ3v) is 7.21. The van der Waals surface area contributed by atoms with Gasteiger partial charge < -0.3 is 11.1 Å². The van der Waals surface area contributed by atoms with Crippen molar-refractivity contribution in [3.8, 4) is 0 Å². The zero-order chi connectivity index (χ0) is 20.3. The first-order chi connectivity index (χ1) is 14.6. The van der Waals surface area contributed by atoms with Crippen molar-refractivity contribution in [2.45, 2.75) is 24.8 Å². The Balaban J connectivity index is 1.55. The molecule has 3 aromatic carbocycles. The molecule has 148 valence electrons. The van der Waals surface area contributed by atoms with Crippen LogP contribution in [0.1, 0.15) is 36.1 Å². The zero-order valence-electron chi connectivity index (χ0n) is 16.5. The first-order valence-electron chi connectivity index (χ1n) is 10.1. The van der Waals surface area contributed by atoms with Crippen LogP contribution in [0.2, 0.25) is 0 Å². The molecule has 6 heteroatoms. The first-order valence-corrected chi connectivity index (χ1v) is 10.9. The second kappa shape index (κ2) is 6.31. The topological polar surface area (TPSA) is 79.6 Å². The van der Waals surface area contributed by atoms with E-state index in [9.17, 15) is 0 Å². The van der Waals surface area contributed by atoms with Crippen LogP contribution in [0.4, 0.5) is 10.8 Å². The summed E-state index contributed by atoms with van der Waals surface area (Å²) in [4.78, 5) is 4.41. The van der Waals surface area contributed by atoms with Crippen molar-refractivity contribution in [3.63, 3.8) is 0 Å². The van der Waals surface area contributed by atoms with E-state index in [2.05, 4.69) is 88.1 Å². The van der Waals surface area contributed by atoms with Crippen LogP contribution in [0.25, 0.3) is 21.1 Å². The lowest BCUT2D eigenvalue weighted by molar-refractivity contribution is 0.463. The summed E-state index contributed by atoms with van der Waals surface area (Å²) in [5.41, 5.74) is 12.8. The predicted octanol–water partition coefficient (Wildman–Crippen LogP) is 5.62. The van der Waals surface area contributed by atoms with Crippen molar-refractivity contribution >= 4 is 43.3 Å². The maximum atomic E-state index is 5.93. The second-order valence-electron chi connectivity index (χ2n) is 8.20. The summed E-state index contributed by atoms with van der Waals surface area (Å²) in [6, 6.07) is 21.7. The minimum atomic E-state index is -0.155. The number of benzene rings is 3. The number of H-pyrrole nitrogens is 1. The molecule has 0 bridgehead atoms. The van der Waals surface area contributed by atoms with E-state index in [1.165, 1.54) is 22.1 Å². The van der Waals surface area contributed by atoms with Gasteiger partial charge in [0.1, 0.15) is 0 Å². The fourth-order valence-corrected chi connectivity index (χ4v) is 5.71. The maximum absolute atomic E-state index is 5.93. The molecule has 3 heterocycles. The van der Waals surface area contributed by atoms with E-state index in [-0.39, 0.29) is 11.5 Å². The van der Waals surface area contributed by atoms with Crippen LogP contribution in [0.3, 0.4) is 0 Å². The number of hydrogen-bond acceptors (Lipinski definition) is 5. The van der Waals surface area contributed by atoms with E-state index in [0.717, 1.165) is 27.8 Å². The highest BCUT2D eigenvalue weighted by molar-refractivity contribution is 7.22. The molecular weight excluding hydrogens is 390 g/mol. The van der Waals surface area contributed by atoms with Crippen molar-refractivity contribution in [2.75, 3.05) is 11.1 Å². The van der Waals surface area contributed by atoms with Crippen LogP contribution in [-0.2, 0) is 5.41 Å². The molecule has 0 amide bonds. The summed E-state index contributed by atoms with van der Waals surface area (Å²) in [5.74, 6) is 0. The van der Waals surface area contributed by atoms with Gasteiger partial charge in [0, 0.05) is 16.5 Å². The molecule has 2 aromatic heterocycles. The summed E-state index contributed by atoms with van der Waals surface area (Å²) >= 11 is 1.54. The number of aromatic amines is 1. The van der Waals surface area contributed by atoms with Gasteiger partial charge >= 0.3 is 0 Å². The Morgan fingerprint density at radius 3 is 2.83 bits per heavy atom. The van der Waals surface area contributed by atoms with E-state index >= 15 is 0 Å². The highest BCUT2D eigenvalue weighted by Crippen LogP contribution is 2.50. The van der Waals surface area contributed by atoms with Crippen molar-refractivity contribution in [1.82, 2.24) is 15.2 Å². The van der Waals surface area contributed by atoms with Crippen LogP contribution >= 0.6 is 11.3 Å². The standard InChI is InChI=1S/C24H21N5S/c1-24(15-5-3-2-4-6-15)12-20(14-7-8-18-21(11-14)30-23(25)28-18)27-19-10-9-17-16(22(19)24)13-26-29-17/h2-11,13,20,27H,12H2,1H3,(H2,25,28)(H,26,29)/t20-,24?/m1/s1. The molecular formula is C24H21N5S. The first kappa shape index (κ1) is 17.5. The van der Waals surface area contributed by atoms with E-state index in [1.807, 2.05) is 6.20 Å². The second-order valence-corrected chi connectivity index (χ2v) is 9.26. The predicted molar refractivity (Wildman–Crippen MR) is 124 cm³/mol. The molecule has 6 rings (SSSR count). The molecule has 5 nitrogen and oxygen atoms in total. The number of nitrogens with one attached hydrogen (secondary N) is 2. The quantitative estimate of drug-likeness (QED) is 0.352. The van der Waals surface area contributed by atoms with Crippen LogP contribution in [-0.4, -0.2) is 15.2 Å². The molecule has 0 aliphatic carbocycles. The van der Waals surface area contributed by atoms with E-state index in [1.54, 1.807) is 11.3 Å². The molecule has 5 aromatic rings. The Kier molecular flexibility index (Phi) is 3.67. The Labute approximate surface area is 178 Å². The van der Waals surface area contributed by atoms with Gasteiger partial charge in [-0.25, -0.2) is 4.98 Å². The number of nitrogens with zero attached hydrogens (tertiary/aromatic N) is 2. The molecule has 1 aliphatic heterocycles. The van der Waals surface area contributed by atoms with Crippen molar-refractivity contribution in [1.29, 1.82) is 0 Å². The number of hydrogen-bond donors (Lipinski definition) is 3. The summed E-state index contributed by atoms with van der Waals surface area (Å²) < 4.78 is 1.13. The van der Waals surface area contributed by atoms with Gasteiger partial charge in [0.05, 0.1) is 28.0 Å². The number of nitrogen functional groups attached to an aromatic ring is 1. The number of thiazole rings is 1. The minimum Gasteiger partial charge on any atom is -0.378 e. The van der Waals surface area contributed by atoms with E-state index in [0.29, 0.717) is 5.13 Å². The molecule has 0 radical (unpaired) electrons. The normalized spacial score (nSPS) is 20.9. The SMILES string of the molecule is CC1(c2ccccc2)C[C@H](c2ccc3nc(N)sc3c2)Nc2ccc3[nH]ncc3c21. The summed E-state index contributed by atoms with van der Waals surface area (Å²) in [6.07, 6.45) is 2.89. The Bertz CT molecular complexity index is 1390. The molecule has 30 heavy (non-hydrogen) atoms. The van der Waals surface area contributed by atoms with Crippen molar-refractivity contribution < 1.29 is 0 Å². The lowest BCUT2D eigenvalue weighted by Crippen LogP contribution is -2.34. The average molecular weight is 412 g/mol. The van der Waals surface area contributed by atoms with E-state index < -0.39 is 0 Å². The van der Waals surface area contributed by atoms with Crippen LogP contribution in [0.5, 0.6) is 0 Å². The number of nitrogens with two attached hydrogens (primary N) is 1. The molecule has 4 N–H and O–H groups in total. The number of aromatic nitrogens is 3. The van der Waals surface area contributed by atoms with Gasteiger partial charge in [0.2, 0.25) is 0 Å². The Morgan fingerprint density at radius 2 is 1.97 bits per heavy atom. The van der Waals surface area contributed by atoms with Gasteiger partial charge in [0.25, 0.3) is 0 Å². The van der Waals surface area contributed by atoms with Gasteiger partial charge in [-0.2, -0.15) is 5.10 Å². The number of rotatable bonds is 2. The average Bonchev–Trinajstić information content (AvgIpc) is 3.38. The Morgan fingerprint density at radius 1 is 1.10 bits per heavy atom. The van der Waals surface area contributed by atoms with Gasteiger partial charge in [-0.15, -0.1) is 0 Å². The fourth-order valence-electron chi connectivity index (χ4n) is 4.93. The Hall–Kier alpha value is -3.38. The fraction of sp³-hybridized carbons (Fsp3) is 0.167. The van der Waals surface area contributed by atoms with Gasteiger partial charge in [-0.1, -0.05) is 54.7 Å². The molecule has 0 saturated heterocycles. The van der Waals surface area contributed by atoms with Gasteiger partial charge in [0.15, 0.2) is 5.13 Å². The summed E-state index contributed by atoms with van der Waals surface area (Å²) in [5, 5.41) is 13.0. The highest BCUT2D eigenvalue weighted by Gasteiger charge is 2.40.